The summed E-state index contributed by atoms with van der Waals surface area (Å²) in [5.41, 5.74) is 6.14. The van der Waals surface area contributed by atoms with Crippen LogP contribution in [-0.4, -0.2) is 19.9 Å². The summed E-state index contributed by atoms with van der Waals surface area (Å²) in [6.45, 7) is 0. The standard InChI is InChI=1S/C14H13Cl2NO2S2/c15-10-1-4-12(5-2-10)21(18,19)8-7-20-11-3-6-14(17)13(16)9-11/h1-6,9H,7-8,17H2. The molecule has 0 atom stereocenters. The van der Waals surface area contributed by atoms with Crippen molar-refractivity contribution in [1.82, 2.24) is 0 Å². The van der Waals surface area contributed by atoms with E-state index in [1.807, 2.05) is 6.07 Å². The molecule has 0 amide bonds. The first-order valence-corrected chi connectivity index (χ1v) is 9.44. The first kappa shape index (κ1) is 16.5. The van der Waals surface area contributed by atoms with Crippen molar-refractivity contribution in [2.45, 2.75) is 9.79 Å². The third-order valence-electron chi connectivity index (χ3n) is 2.77. The number of sulfone groups is 1. The Hall–Kier alpha value is -0.880. The van der Waals surface area contributed by atoms with E-state index in [0.717, 1.165) is 4.90 Å². The number of benzene rings is 2. The summed E-state index contributed by atoms with van der Waals surface area (Å²) in [5, 5.41) is 0.986. The van der Waals surface area contributed by atoms with Crippen LogP contribution in [0.25, 0.3) is 0 Å². The lowest BCUT2D eigenvalue weighted by atomic mass is 10.3. The fourth-order valence-electron chi connectivity index (χ4n) is 1.63. The maximum Gasteiger partial charge on any atom is 0.179 e. The molecule has 112 valence electrons. The first-order chi connectivity index (χ1) is 9.88. The van der Waals surface area contributed by atoms with Gasteiger partial charge in [0.15, 0.2) is 9.84 Å². The van der Waals surface area contributed by atoms with Gasteiger partial charge in [0.05, 0.1) is 21.4 Å². The first-order valence-electron chi connectivity index (χ1n) is 6.04. The molecule has 0 bridgehead atoms. The van der Waals surface area contributed by atoms with E-state index < -0.39 is 9.84 Å². The summed E-state index contributed by atoms with van der Waals surface area (Å²) in [5.74, 6) is 0.479. The molecule has 7 heteroatoms. The highest BCUT2D eigenvalue weighted by atomic mass is 35.5. The van der Waals surface area contributed by atoms with Gasteiger partial charge >= 0.3 is 0 Å². The Labute approximate surface area is 138 Å². The minimum absolute atomic E-state index is 0.0430. The SMILES string of the molecule is Nc1ccc(SCCS(=O)(=O)c2ccc(Cl)cc2)cc1Cl. The van der Waals surface area contributed by atoms with Crippen LogP contribution in [0.5, 0.6) is 0 Å². The Morgan fingerprint density at radius 3 is 2.33 bits per heavy atom. The molecule has 2 aromatic carbocycles. The molecular weight excluding hydrogens is 349 g/mol. The topological polar surface area (TPSA) is 60.2 Å². The van der Waals surface area contributed by atoms with Crippen LogP contribution in [0.2, 0.25) is 10.0 Å². The second-order valence-electron chi connectivity index (χ2n) is 4.30. The number of nitrogen functional groups attached to an aromatic ring is 1. The van der Waals surface area contributed by atoms with Crippen molar-refractivity contribution < 1.29 is 8.42 Å². The predicted octanol–water partition coefficient (Wildman–Crippen LogP) is 4.14. The molecule has 21 heavy (non-hydrogen) atoms. The van der Waals surface area contributed by atoms with E-state index in [2.05, 4.69) is 0 Å². The molecule has 3 nitrogen and oxygen atoms in total. The lowest BCUT2D eigenvalue weighted by molar-refractivity contribution is 0.597. The highest BCUT2D eigenvalue weighted by molar-refractivity contribution is 8.00. The van der Waals surface area contributed by atoms with Gasteiger partial charge < -0.3 is 5.73 Å². The van der Waals surface area contributed by atoms with E-state index in [1.165, 1.54) is 23.9 Å². The van der Waals surface area contributed by atoms with E-state index in [9.17, 15) is 8.42 Å². The molecule has 0 aliphatic carbocycles. The van der Waals surface area contributed by atoms with Gasteiger partial charge in [-0.05, 0) is 42.5 Å². The lowest BCUT2D eigenvalue weighted by Gasteiger charge is -2.06. The van der Waals surface area contributed by atoms with Gasteiger partial charge in [0.2, 0.25) is 0 Å². The van der Waals surface area contributed by atoms with Gasteiger partial charge in [-0.25, -0.2) is 8.42 Å². The molecule has 0 spiro atoms. The fourth-order valence-corrected chi connectivity index (χ4v) is 4.60. The third-order valence-corrected chi connectivity index (χ3v) is 6.33. The number of thioether (sulfide) groups is 1. The van der Waals surface area contributed by atoms with E-state index >= 15 is 0 Å². The number of rotatable bonds is 5. The Morgan fingerprint density at radius 1 is 1.05 bits per heavy atom. The van der Waals surface area contributed by atoms with E-state index in [1.54, 1.807) is 24.3 Å². The minimum atomic E-state index is -3.30. The molecule has 0 saturated heterocycles. The van der Waals surface area contributed by atoms with Crippen LogP contribution in [0.3, 0.4) is 0 Å². The molecule has 0 aromatic heterocycles. The summed E-state index contributed by atoms with van der Waals surface area (Å²) in [6, 6.07) is 11.4. The van der Waals surface area contributed by atoms with Crippen molar-refractivity contribution in [1.29, 1.82) is 0 Å². The molecule has 0 heterocycles. The van der Waals surface area contributed by atoms with Gasteiger partial charge in [0.25, 0.3) is 0 Å². The maximum atomic E-state index is 12.2. The zero-order chi connectivity index (χ0) is 15.5. The van der Waals surface area contributed by atoms with Gasteiger partial charge in [-0.2, -0.15) is 0 Å². The average Bonchev–Trinajstić information content (AvgIpc) is 2.43. The van der Waals surface area contributed by atoms with Crippen LogP contribution in [0, 0.1) is 0 Å². The van der Waals surface area contributed by atoms with Crippen LogP contribution in [0.4, 0.5) is 5.69 Å². The summed E-state index contributed by atoms with van der Waals surface area (Å²) >= 11 is 13.1. The second kappa shape index (κ2) is 6.92. The third kappa shape index (κ3) is 4.54. The Kier molecular flexibility index (Phi) is 5.43. The van der Waals surface area contributed by atoms with Crippen molar-refractivity contribution in [3.63, 3.8) is 0 Å². The highest BCUT2D eigenvalue weighted by Crippen LogP contribution is 2.27. The van der Waals surface area contributed by atoms with Crippen molar-refractivity contribution in [2.24, 2.45) is 0 Å². The molecule has 0 unspecified atom stereocenters. The predicted molar refractivity (Wildman–Crippen MR) is 90.1 cm³/mol. The Balaban J connectivity index is 1.98. The van der Waals surface area contributed by atoms with Crippen LogP contribution in [0.1, 0.15) is 0 Å². The van der Waals surface area contributed by atoms with Crippen molar-refractivity contribution in [3.8, 4) is 0 Å². The van der Waals surface area contributed by atoms with Gasteiger partial charge in [-0.3, -0.25) is 0 Å². The number of halogens is 2. The molecule has 2 rings (SSSR count). The van der Waals surface area contributed by atoms with Crippen molar-refractivity contribution >= 4 is 50.5 Å². The monoisotopic (exact) mass is 361 g/mol. The second-order valence-corrected chi connectivity index (χ2v) is 8.43. The van der Waals surface area contributed by atoms with Gasteiger partial charge in [0.1, 0.15) is 0 Å². The zero-order valence-corrected chi connectivity index (χ0v) is 14.1. The minimum Gasteiger partial charge on any atom is -0.398 e. The molecule has 0 fully saturated rings. The van der Waals surface area contributed by atoms with Gasteiger partial charge in [-0.1, -0.05) is 23.2 Å². The largest absolute Gasteiger partial charge is 0.398 e. The molecule has 2 N–H and O–H groups in total. The fraction of sp³-hybridized carbons (Fsp3) is 0.143. The molecular formula is C14H13Cl2NO2S2. The quantitative estimate of drug-likeness (QED) is 0.641. The summed E-state index contributed by atoms with van der Waals surface area (Å²) < 4.78 is 24.3. The number of nitrogens with two attached hydrogens (primary N) is 1. The number of hydrogen-bond acceptors (Lipinski definition) is 4. The number of hydrogen-bond donors (Lipinski definition) is 1. The number of anilines is 1. The van der Waals surface area contributed by atoms with Crippen molar-refractivity contribution in [3.05, 3.63) is 52.5 Å². The van der Waals surface area contributed by atoms with E-state index in [-0.39, 0.29) is 10.6 Å². The zero-order valence-electron chi connectivity index (χ0n) is 10.9. The maximum absolute atomic E-state index is 12.2. The van der Waals surface area contributed by atoms with Crippen LogP contribution in [0.15, 0.2) is 52.3 Å². The Morgan fingerprint density at radius 2 is 1.71 bits per heavy atom. The molecule has 0 aliphatic rings. The molecule has 0 aliphatic heterocycles. The van der Waals surface area contributed by atoms with Gasteiger partial charge in [0, 0.05) is 15.7 Å². The Bertz CT molecular complexity index is 731. The smallest absolute Gasteiger partial charge is 0.179 e. The summed E-state index contributed by atoms with van der Waals surface area (Å²) in [6.07, 6.45) is 0. The average molecular weight is 362 g/mol. The van der Waals surface area contributed by atoms with Crippen LogP contribution < -0.4 is 5.73 Å². The normalized spacial score (nSPS) is 11.5. The molecule has 0 radical (unpaired) electrons. The summed E-state index contributed by atoms with van der Waals surface area (Å²) in [7, 11) is -3.30. The van der Waals surface area contributed by atoms with Crippen LogP contribution >= 0.6 is 35.0 Å². The van der Waals surface area contributed by atoms with Crippen LogP contribution in [-0.2, 0) is 9.84 Å². The van der Waals surface area contributed by atoms with E-state index in [4.69, 9.17) is 28.9 Å². The van der Waals surface area contributed by atoms with Crippen molar-refractivity contribution in [2.75, 3.05) is 17.2 Å². The molecule has 0 saturated carbocycles. The lowest BCUT2D eigenvalue weighted by Crippen LogP contribution is -2.08. The summed E-state index contributed by atoms with van der Waals surface area (Å²) in [4.78, 5) is 1.17. The molecule has 2 aromatic rings. The highest BCUT2D eigenvalue weighted by Gasteiger charge is 2.14. The van der Waals surface area contributed by atoms with Gasteiger partial charge in [-0.15, -0.1) is 11.8 Å². The van der Waals surface area contributed by atoms with E-state index in [0.29, 0.717) is 21.5 Å².